The first-order chi connectivity index (χ1) is 8.00. The molecule has 2 atom stereocenters. The summed E-state index contributed by atoms with van der Waals surface area (Å²) in [5.74, 6) is 0. The summed E-state index contributed by atoms with van der Waals surface area (Å²) in [5.41, 5.74) is -0.0435. The van der Waals surface area contributed by atoms with Crippen LogP contribution in [0.2, 0.25) is 0 Å². The highest BCUT2D eigenvalue weighted by Gasteiger charge is 2.23. The smallest absolute Gasteiger partial charge is 0.0725 e. The maximum absolute atomic E-state index is 5.80. The maximum Gasteiger partial charge on any atom is 0.0725 e. The summed E-state index contributed by atoms with van der Waals surface area (Å²) < 4.78 is 11.3. The topological polar surface area (TPSA) is 30.5 Å². The third-order valence-corrected chi connectivity index (χ3v) is 3.31. The minimum atomic E-state index is -0.0435. The van der Waals surface area contributed by atoms with Crippen molar-refractivity contribution in [2.75, 3.05) is 20.3 Å². The van der Waals surface area contributed by atoms with E-state index in [1.54, 1.807) is 7.11 Å². The minimum absolute atomic E-state index is 0.0435. The first-order valence-corrected chi connectivity index (χ1v) is 6.90. The molecule has 0 aromatic rings. The van der Waals surface area contributed by atoms with Crippen LogP contribution in [0.4, 0.5) is 0 Å². The van der Waals surface area contributed by atoms with Crippen molar-refractivity contribution < 1.29 is 9.47 Å². The van der Waals surface area contributed by atoms with Gasteiger partial charge in [0.2, 0.25) is 0 Å². The third-order valence-electron chi connectivity index (χ3n) is 3.31. The van der Waals surface area contributed by atoms with Crippen molar-refractivity contribution in [3.05, 3.63) is 0 Å². The highest BCUT2D eigenvalue weighted by Crippen LogP contribution is 2.19. The Labute approximate surface area is 107 Å². The Balaban J connectivity index is 4.30. The van der Waals surface area contributed by atoms with E-state index in [0.717, 1.165) is 32.4 Å². The van der Waals surface area contributed by atoms with Gasteiger partial charge in [-0.25, -0.2) is 0 Å². The van der Waals surface area contributed by atoms with E-state index in [-0.39, 0.29) is 5.60 Å². The first-order valence-electron chi connectivity index (χ1n) is 6.90. The SMILES string of the molecule is CCNC(CCC(C)(C)OC)C(CC)OCC. The van der Waals surface area contributed by atoms with E-state index >= 15 is 0 Å². The van der Waals surface area contributed by atoms with E-state index in [0.29, 0.717) is 12.1 Å². The molecule has 0 aromatic heterocycles. The van der Waals surface area contributed by atoms with Gasteiger partial charge < -0.3 is 14.8 Å². The summed E-state index contributed by atoms with van der Waals surface area (Å²) >= 11 is 0. The molecule has 2 unspecified atom stereocenters. The molecule has 0 saturated heterocycles. The summed E-state index contributed by atoms with van der Waals surface area (Å²) in [6.07, 6.45) is 3.50. The molecule has 0 radical (unpaired) electrons. The molecular formula is C14H31NO2. The number of nitrogens with one attached hydrogen (secondary N) is 1. The van der Waals surface area contributed by atoms with Crippen LogP contribution in [0.1, 0.15) is 53.9 Å². The van der Waals surface area contributed by atoms with Crippen LogP contribution in [0.3, 0.4) is 0 Å². The minimum Gasteiger partial charge on any atom is -0.379 e. The Morgan fingerprint density at radius 3 is 2.24 bits per heavy atom. The Hall–Kier alpha value is -0.120. The molecule has 0 aliphatic rings. The van der Waals surface area contributed by atoms with E-state index in [9.17, 15) is 0 Å². The highest BCUT2D eigenvalue weighted by molar-refractivity contribution is 4.80. The van der Waals surface area contributed by atoms with Crippen molar-refractivity contribution in [1.82, 2.24) is 5.32 Å². The third kappa shape index (κ3) is 7.02. The van der Waals surface area contributed by atoms with Gasteiger partial charge >= 0.3 is 0 Å². The lowest BCUT2D eigenvalue weighted by molar-refractivity contribution is -0.00461. The molecule has 1 N–H and O–H groups in total. The average Bonchev–Trinajstić information content (AvgIpc) is 2.32. The molecule has 0 heterocycles. The molecule has 3 heteroatoms. The normalized spacial score (nSPS) is 15.9. The molecule has 0 aliphatic heterocycles. The van der Waals surface area contributed by atoms with Gasteiger partial charge in [-0.1, -0.05) is 13.8 Å². The van der Waals surface area contributed by atoms with Crippen molar-refractivity contribution in [3.8, 4) is 0 Å². The second-order valence-corrected chi connectivity index (χ2v) is 5.07. The van der Waals surface area contributed by atoms with Gasteiger partial charge in [0.25, 0.3) is 0 Å². The number of ether oxygens (including phenoxy) is 2. The van der Waals surface area contributed by atoms with Crippen molar-refractivity contribution >= 4 is 0 Å². The molecular weight excluding hydrogens is 214 g/mol. The Bertz CT molecular complexity index is 183. The first kappa shape index (κ1) is 16.9. The van der Waals surface area contributed by atoms with Crippen molar-refractivity contribution in [1.29, 1.82) is 0 Å². The summed E-state index contributed by atoms with van der Waals surface area (Å²) in [7, 11) is 1.78. The number of likely N-dealkylation sites (N-methyl/N-ethyl adjacent to an activating group) is 1. The van der Waals surface area contributed by atoms with Gasteiger partial charge in [-0.2, -0.15) is 0 Å². The predicted molar refractivity (Wildman–Crippen MR) is 73.5 cm³/mol. The monoisotopic (exact) mass is 245 g/mol. The standard InChI is InChI=1S/C14H31NO2/c1-7-13(17-9-3)12(15-8-2)10-11-14(4,5)16-6/h12-13,15H,7-11H2,1-6H3. The van der Waals surface area contributed by atoms with E-state index < -0.39 is 0 Å². The molecule has 0 saturated carbocycles. The van der Waals surface area contributed by atoms with Crippen LogP contribution in [0.15, 0.2) is 0 Å². The van der Waals surface area contributed by atoms with Crippen LogP contribution in [-0.2, 0) is 9.47 Å². The molecule has 104 valence electrons. The zero-order valence-corrected chi connectivity index (χ0v) is 12.5. The Kier molecular flexibility index (Phi) is 8.83. The van der Waals surface area contributed by atoms with Crippen LogP contribution in [-0.4, -0.2) is 38.0 Å². The summed E-state index contributed by atoms with van der Waals surface area (Å²) in [5, 5.41) is 3.53. The van der Waals surface area contributed by atoms with Gasteiger partial charge in [-0.05, 0) is 46.6 Å². The Morgan fingerprint density at radius 2 is 1.82 bits per heavy atom. The summed E-state index contributed by atoms with van der Waals surface area (Å²) in [6, 6.07) is 0.430. The van der Waals surface area contributed by atoms with Gasteiger partial charge in [0.05, 0.1) is 11.7 Å². The highest BCUT2D eigenvalue weighted by atomic mass is 16.5. The lowest BCUT2D eigenvalue weighted by Gasteiger charge is -2.30. The molecule has 0 bridgehead atoms. The molecule has 3 nitrogen and oxygen atoms in total. The molecule has 0 aromatic carbocycles. The number of hydrogen-bond acceptors (Lipinski definition) is 3. The van der Waals surface area contributed by atoms with E-state index in [4.69, 9.17) is 9.47 Å². The van der Waals surface area contributed by atoms with Gasteiger partial charge in [0, 0.05) is 19.8 Å². The van der Waals surface area contributed by atoms with Gasteiger partial charge in [-0.3, -0.25) is 0 Å². The zero-order valence-electron chi connectivity index (χ0n) is 12.5. The van der Waals surface area contributed by atoms with Crippen LogP contribution in [0.5, 0.6) is 0 Å². The summed E-state index contributed by atoms with van der Waals surface area (Å²) in [4.78, 5) is 0. The fourth-order valence-corrected chi connectivity index (χ4v) is 2.02. The lowest BCUT2D eigenvalue weighted by atomic mass is 9.95. The van der Waals surface area contributed by atoms with Gasteiger partial charge in [-0.15, -0.1) is 0 Å². The van der Waals surface area contributed by atoms with Crippen molar-refractivity contribution in [2.45, 2.75) is 71.6 Å². The number of rotatable bonds is 10. The van der Waals surface area contributed by atoms with Crippen LogP contribution < -0.4 is 5.32 Å². The summed E-state index contributed by atoms with van der Waals surface area (Å²) in [6.45, 7) is 12.4. The average molecular weight is 245 g/mol. The maximum atomic E-state index is 5.80. The molecule has 0 fully saturated rings. The van der Waals surface area contributed by atoms with Crippen LogP contribution >= 0.6 is 0 Å². The molecule has 0 rings (SSSR count). The van der Waals surface area contributed by atoms with E-state index in [1.165, 1.54) is 0 Å². The molecule has 17 heavy (non-hydrogen) atoms. The van der Waals surface area contributed by atoms with Gasteiger partial charge in [0.15, 0.2) is 0 Å². The molecule has 0 spiro atoms. The second kappa shape index (κ2) is 8.90. The van der Waals surface area contributed by atoms with E-state index in [2.05, 4.69) is 39.9 Å². The number of methoxy groups -OCH3 is 1. The molecule has 0 aliphatic carbocycles. The quantitative estimate of drug-likeness (QED) is 0.642. The predicted octanol–water partition coefficient (Wildman–Crippen LogP) is 2.98. The fourth-order valence-electron chi connectivity index (χ4n) is 2.02. The molecule has 0 amide bonds. The lowest BCUT2D eigenvalue weighted by Crippen LogP contribution is -2.42. The zero-order chi connectivity index (χ0) is 13.3. The largest absolute Gasteiger partial charge is 0.379 e. The number of hydrogen-bond donors (Lipinski definition) is 1. The van der Waals surface area contributed by atoms with E-state index in [1.807, 2.05) is 0 Å². The van der Waals surface area contributed by atoms with Crippen LogP contribution in [0.25, 0.3) is 0 Å². The Morgan fingerprint density at radius 1 is 1.18 bits per heavy atom. The van der Waals surface area contributed by atoms with Crippen molar-refractivity contribution in [3.63, 3.8) is 0 Å². The fraction of sp³-hybridized carbons (Fsp3) is 1.00. The van der Waals surface area contributed by atoms with Gasteiger partial charge in [0.1, 0.15) is 0 Å². The second-order valence-electron chi connectivity index (χ2n) is 5.07. The van der Waals surface area contributed by atoms with Crippen molar-refractivity contribution in [2.24, 2.45) is 0 Å². The van der Waals surface area contributed by atoms with Crippen LogP contribution in [0, 0.1) is 0 Å².